The minimum atomic E-state index is -2.91. The van der Waals surface area contributed by atoms with Crippen molar-refractivity contribution in [1.82, 2.24) is 10.6 Å². The SMILES string of the molecule is CC(C)N[C@@H]1CC[C@@H]1NC(=O)c1cccc(N2CCS(=O)(=O)CC2)c1. The van der Waals surface area contributed by atoms with Crippen LogP contribution in [0.5, 0.6) is 0 Å². The molecule has 3 rings (SSSR count). The molecular formula is C18H27N3O3S. The van der Waals surface area contributed by atoms with Crippen molar-refractivity contribution in [2.75, 3.05) is 29.5 Å². The maximum atomic E-state index is 12.6. The Morgan fingerprint density at radius 2 is 1.84 bits per heavy atom. The molecule has 2 atom stereocenters. The number of nitrogens with one attached hydrogen (secondary N) is 2. The Morgan fingerprint density at radius 1 is 1.16 bits per heavy atom. The lowest BCUT2D eigenvalue weighted by Crippen LogP contribution is -2.58. The molecule has 0 unspecified atom stereocenters. The average molecular weight is 365 g/mol. The second kappa shape index (κ2) is 7.33. The monoisotopic (exact) mass is 365 g/mol. The average Bonchev–Trinajstić information content (AvgIpc) is 2.56. The van der Waals surface area contributed by atoms with Crippen LogP contribution < -0.4 is 15.5 Å². The first-order valence-electron chi connectivity index (χ1n) is 8.96. The minimum Gasteiger partial charge on any atom is -0.369 e. The van der Waals surface area contributed by atoms with E-state index in [1.807, 2.05) is 29.2 Å². The van der Waals surface area contributed by atoms with E-state index in [1.54, 1.807) is 0 Å². The first-order valence-corrected chi connectivity index (χ1v) is 10.8. The molecule has 1 aliphatic heterocycles. The van der Waals surface area contributed by atoms with Gasteiger partial charge >= 0.3 is 0 Å². The summed E-state index contributed by atoms with van der Waals surface area (Å²) in [5, 5.41) is 6.59. The van der Waals surface area contributed by atoms with Gasteiger partial charge in [-0.2, -0.15) is 0 Å². The number of sulfone groups is 1. The van der Waals surface area contributed by atoms with Crippen LogP contribution in [0.2, 0.25) is 0 Å². The molecule has 25 heavy (non-hydrogen) atoms. The second-order valence-corrected chi connectivity index (χ2v) is 9.58. The fraction of sp³-hybridized carbons (Fsp3) is 0.611. The summed E-state index contributed by atoms with van der Waals surface area (Å²) in [6.07, 6.45) is 2.09. The normalized spacial score (nSPS) is 25.5. The fourth-order valence-electron chi connectivity index (χ4n) is 3.37. The van der Waals surface area contributed by atoms with Crippen LogP contribution >= 0.6 is 0 Å². The standard InChI is InChI=1S/C18H27N3O3S/c1-13(2)19-16-6-7-17(16)20-18(22)14-4-3-5-15(12-14)21-8-10-25(23,24)11-9-21/h3-5,12-13,16-17,19H,6-11H2,1-2H3,(H,20,22)/t16-,17+/m1/s1. The van der Waals surface area contributed by atoms with Crippen molar-refractivity contribution in [2.24, 2.45) is 0 Å². The Labute approximate surface area is 149 Å². The largest absolute Gasteiger partial charge is 0.369 e. The zero-order chi connectivity index (χ0) is 18.0. The number of amides is 1. The molecular weight excluding hydrogens is 338 g/mol. The van der Waals surface area contributed by atoms with E-state index in [2.05, 4.69) is 24.5 Å². The third kappa shape index (κ3) is 4.52. The van der Waals surface area contributed by atoms with Gasteiger partial charge in [-0.15, -0.1) is 0 Å². The van der Waals surface area contributed by atoms with Crippen LogP contribution in [-0.4, -0.2) is 57.0 Å². The second-order valence-electron chi connectivity index (χ2n) is 7.27. The van der Waals surface area contributed by atoms with Gasteiger partial charge in [-0.05, 0) is 31.0 Å². The number of carbonyl (C=O) groups excluding carboxylic acids is 1. The molecule has 0 bridgehead atoms. The quantitative estimate of drug-likeness (QED) is 0.819. The summed E-state index contributed by atoms with van der Waals surface area (Å²) in [7, 11) is -2.91. The number of carbonyl (C=O) groups is 1. The van der Waals surface area contributed by atoms with Crippen LogP contribution in [0.4, 0.5) is 5.69 Å². The number of benzene rings is 1. The molecule has 7 heteroatoms. The van der Waals surface area contributed by atoms with Crippen LogP contribution in [-0.2, 0) is 9.84 Å². The maximum absolute atomic E-state index is 12.6. The first kappa shape index (κ1) is 18.2. The van der Waals surface area contributed by atoms with E-state index in [-0.39, 0.29) is 23.5 Å². The Morgan fingerprint density at radius 3 is 2.44 bits per heavy atom. The van der Waals surface area contributed by atoms with Gasteiger partial charge in [-0.25, -0.2) is 8.42 Å². The van der Waals surface area contributed by atoms with Crippen molar-refractivity contribution < 1.29 is 13.2 Å². The topological polar surface area (TPSA) is 78.5 Å². The molecule has 2 aliphatic rings. The molecule has 1 amide bonds. The molecule has 6 nitrogen and oxygen atoms in total. The third-order valence-electron chi connectivity index (χ3n) is 4.96. The molecule has 1 saturated heterocycles. The molecule has 1 saturated carbocycles. The van der Waals surface area contributed by atoms with E-state index in [1.165, 1.54) is 0 Å². The summed E-state index contributed by atoms with van der Waals surface area (Å²) in [6.45, 7) is 5.19. The summed E-state index contributed by atoms with van der Waals surface area (Å²) < 4.78 is 23.1. The fourth-order valence-corrected chi connectivity index (χ4v) is 4.57. The van der Waals surface area contributed by atoms with Crippen molar-refractivity contribution >= 4 is 21.4 Å². The van der Waals surface area contributed by atoms with E-state index in [4.69, 9.17) is 0 Å². The number of hydrogen-bond donors (Lipinski definition) is 2. The molecule has 138 valence electrons. The van der Waals surface area contributed by atoms with Gasteiger partial charge in [0.1, 0.15) is 0 Å². The zero-order valence-corrected chi connectivity index (χ0v) is 15.7. The Bertz CT molecular complexity index is 719. The highest BCUT2D eigenvalue weighted by Gasteiger charge is 2.32. The van der Waals surface area contributed by atoms with Gasteiger partial charge in [0, 0.05) is 42.5 Å². The van der Waals surface area contributed by atoms with E-state index in [9.17, 15) is 13.2 Å². The highest BCUT2D eigenvalue weighted by Crippen LogP contribution is 2.22. The minimum absolute atomic E-state index is 0.0632. The smallest absolute Gasteiger partial charge is 0.251 e. The zero-order valence-electron chi connectivity index (χ0n) is 14.9. The maximum Gasteiger partial charge on any atom is 0.251 e. The van der Waals surface area contributed by atoms with Gasteiger partial charge in [0.2, 0.25) is 0 Å². The molecule has 2 fully saturated rings. The van der Waals surface area contributed by atoms with Crippen molar-refractivity contribution in [3.05, 3.63) is 29.8 Å². The third-order valence-corrected chi connectivity index (χ3v) is 6.57. The van der Waals surface area contributed by atoms with Crippen LogP contribution in [0.15, 0.2) is 24.3 Å². The van der Waals surface area contributed by atoms with Crippen LogP contribution in [0.3, 0.4) is 0 Å². The molecule has 1 aromatic carbocycles. The van der Waals surface area contributed by atoms with Gasteiger partial charge in [0.25, 0.3) is 5.91 Å². The van der Waals surface area contributed by atoms with Gasteiger partial charge in [-0.3, -0.25) is 4.79 Å². The predicted octanol–water partition coefficient (Wildman–Crippen LogP) is 1.18. The van der Waals surface area contributed by atoms with E-state index < -0.39 is 9.84 Å². The predicted molar refractivity (Wildman–Crippen MR) is 99.9 cm³/mol. The van der Waals surface area contributed by atoms with Crippen molar-refractivity contribution in [3.8, 4) is 0 Å². The van der Waals surface area contributed by atoms with E-state index in [0.29, 0.717) is 30.7 Å². The Hall–Kier alpha value is -1.60. The molecule has 0 aromatic heterocycles. The molecule has 2 N–H and O–H groups in total. The lowest BCUT2D eigenvalue weighted by Gasteiger charge is -2.39. The highest BCUT2D eigenvalue weighted by molar-refractivity contribution is 7.91. The van der Waals surface area contributed by atoms with Crippen LogP contribution in [0.25, 0.3) is 0 Å². The van der Waals surface area contributed by atoms with Crippen LogP contribution in [0.1, 0.15) is 37.0 Å². The first-order chi connectivity index (χ1) is 11.8. The number of hydrogen-bond acceptors (Lipinski definition) is 5. The molecule has 1 aromatic rings. The van der Waals surface area contributed by atoms with Gasteiger partial charge in [0.05, 0.1) is 11.5 Å². The van der Waals surface area contributed by atoms with Gasteiger partial charge in [0.15, 0.2) is 9.84 Å². The van der Waals surface area contributed by atoms with Gasteiger partial charge in [-0.1, -0.05) is 19.9 Å². The lowest BCUT2D eigenvalue weighted by molar-refractivity contribution is 0.0891. The van der Waals surface area contributed by atoms with Crippen molar-refractivity contribution in [2.45, 2.75) is 44.8 Å². The van der Waals surface area contributed by atoms with E-state index in [0.717, 1.165) is 18.5 Å². The molecule has 0 radical (unpaired) electrons. The Kier molecular flexibility index (Phi) is 5.34. The van der Waals surface area contributed by atoms with Crippen LogP contribution in [0, 0.1) is 0 Å². The summed E-state index contributed by atoms with van der Waals surface area (Å²) in [5.74, 6) is 0.286. The van der Waals surface area contributed by atoms with Crippen molar-refractivity contribution in [3.63, 3.8) is 0 Å². The molecule has 0 spiro atoms. The summed E-state index contributed by atoms with van der Waals surface area (Å²) in [5.41, 5.74) is 1.54. The summed E-state index contributed by atoms with van der Waals surface area (Å²) in [6, 6.07) is 8.39. The summed E-state index contributed by atoms with van der Waals surface area (Å²) >= 11 is 0. The Balaban J connectivity index is 1.62. The number of anilines is 1. The van der Waals surface area contributed by atoms with E-state index >= 15 is 0 Å². The van der Waals surface area contributed by atoms with Gasteiger partial charge < -0.3 is 15.5 Å². The summed E-state index contributed by atoms with van der Waals surface area (Å²) in [4.78, 5) is 14.6. The number of nitrogens with zero attached hydrogens (tertiary/aromatic N) is 1. The highest BCUT2D eigenvalue weighted by atomic mass is 32.2. The lowest BCUT2D eigenvalue weighted by atomic mass is 9.85. The molecule has 1 heterocycles. The number of rotatable bonds is 5. The van der Waals surface area contributed by atoms with Crippen molar-refractivity contribution in [1.29, 1.82) is 0 Å². The molecule has 1 aliphatic carbocycles.